The molecule has 2 nitrogen and oxygen atoms in total. The number of hydrogen-bond donors (Lipinski definition) is 2. The molecule has 0 atom stereocenters. The molecule has 0 unspecified atom stereocenters. The van der Waals surface area contributed by atoms with E-state index in [0.717, 1.165) is 12.2 Å². The molecule has 84 valence electrons. The van der Waals surface area contributed by atoms with Crippen LogP contribution in [0.25, 0.3) is 0 Å². The Kier molecular flexibility index (Phi) is 4.93. The van der Waals surface area contributed by atoms with Crippen LogP contribution < -0.4 is 11.1 Å². The Morgan fingerprint density at radius 2 is 2.00 bits per heavy atom. The summed E-state index contributed by atoms with van der Waals surface area (Å²) in [6, 6.07) is 10.1. The Morgan fingerprint density at radius 1 is 1.31 bits per heavy atom. The first kappa shape index (κ1) is 12.1. The van der Waals surface area contributed by atoms with Crippen LogP contribution in [0, 0.1) is 0 Å². The van der Waals surface area contributed by atoms with Gasteiger partial charge < -0.3 is 11.1 Å². The molecule has 2 heteroatoms. The van der Waals surface area contributed by atoms with Gasteiger partial charge in [0.05, 0.1) is 0 Å². The second-order valence-electron chi connectivity index (χ2n) is 3.49. The highest BCUT2D eigenvalue weighted by Crippen LogP contribution is 2.07. The second kappa shape index (κ2) is 6.51. The van der Waals surface area contributed by atoms with Gasteiger partial charge >= 0.3 is 0 Å². The Labute approximate surface area is 97.2 Å². The maximum Gasteiger partial charge on any atom is 0.0397 e. The summed E-state index contributed by atoms with van der Waals surface area (Å²) in [5.41, 5.74) is 8.33. The summed E-state index contributed by atoms with van der Waals surface area (Å²) < 4.78 is 0. The first-order valence-corrected chi connectivity index (χ1v) is 5.29. The lowest BCUT2D eigenvalue weighted by atomic mass is 10.2. The van der Waals surface area contributed by atoms with Crippen molar-refractivity contribution in [3.63, 3.8) is 0 Å². The molecule has 0 heterocycles. The fourth-order valence-electron chi connectivity index (χ4n) is 1.23. The highest BCUT2D eigenvalue weighted by Gasteiger charge is 1.92. The molecule has 0 aliphatic rings. The summed E-state index contributed by atoms with van der Waals surface area (Å²) in [6.07, 6.45) is 5.83. The van der Waals surface area contributed by atoms with Crippen molar-refractivity contribution in [1.82, 2.24) is 0 Å². The zero-order valence-corrected chi connectivity index (χ0v) is 9.61. The summed E-state index contributed by atoms with van der Waals surface area (Å²) in [5.74, 6) is 0. The average Bonchev–Trinajstić information content (AvgIpc) is 2.30. The van der Waals surface area contributed by atoms with E-state index < -0.39 is 0 Å². The lowest BCUT2D eigenvalue weighted by Crippen LogP contribution is -2.03. The predicted molar refractivity (Wildman–Crippen MR) is 71.2 cm³/mol. The van der Waals surface area contributed by atoms with Crippen LogP contribution in [0.5, 0.6) is 0 Å². The lowest BCUT2D eigenvalue weighted by Gasteiger charge is -2.06. The van der Waals surface area contributed by atoms with E-state index in [1.54, 1.807) is 0 Å². The number of anilines is 1. The molecule has 0 fully saturated rings. The van der Waals surface area contributed by atoms with Crippen molar-refractivity contribution < 1.29 is 0 Å². The average molecular weight is 214 g/mol. The normalized spacial score (nSPS) is 11.7. The Balaban J connectivity index is 2.50. The summed E-state index contributed by atoms with van der Waals surface area (Å²) in [4.78, 5) is 0. The van der Waals surface area contributed by atoms with Crippen LogP contribution in [0.4, 0.5) is 5.69 Å². The number of benzene rings is 1. The van der Waals surface area contributed by atoms with E-state index in [0.29, 0.717) is 5.70 Å². The molecular formula is C14H18N2. The van der Waals surface area contributed by atoms with Gasteiger partial charge in [0.25, 0.3) is 0 Å². The van der Waals surface area contributed by atoms with Gasteiger partial charge in [0.15, 0.2) is 0 Å². The SMILES string of the molecule is C=C(N)/C=C\C(=C/C)CNc1ccccc1. The van der Waals surface area contributed by atoms with Gasteiger partial charge in [-0.05, 0) is 30.7 Å². The molecule has 0 saturated carbocycles. The third-order valence-corrected chi connectivity index (χ3v) is 2.15. The maximum absolute atomic E-state index is 5.47. The van der Waals surface area contributed by atoms with Gasteiger partial charge in [-0.25, -0.2) is 0 Å². The highest BCUT2D eigenvalue weighted by molar-refractivity contribution is 5.44. The molecule has 1 rings (SSSR count). The van der Waals surface area contributed by atoms with Gasteiger partial charge in [-0.1, -0.05) is 36.9 Å². The summed E-state index contributed by atoms with van der Waals surface area (Å²) >= 11 is 0. The molecule has 3 N–H and O–H groups in total. The molecule has 1 aromatic carbocycles. The smallest absolute Gasteiger partial charge is 0.0397 e. The molecule has 16 heavy (non-hydrogen) atoms. The van der Waals surface area contributed by atoms with E-state index in [-0.39, 0.29) is 0 Å². The van der Waals surface area contributed by atoms with Crippen LogP contribution >= 0.6 is 0 Å². The molecule has 0 aliphatic carbocycles. The quantitative estimate of drug-likeness (QED) is 0.739. The summed E-state index contributed by atoms with van der Waals surface area (Å²) in [5, 5.41) is 3.33. The van der Waals surface area contributed by atoms with Gasteiger partial charge in [-0.3, -0.25) is 0 Å². The fourth-order valence-corrected chi connectivity index (χ4v) is 1.23. The topological polar surface area (TPSA) is 38.0 Å². The minimum absolute atomic E-state index is 0.569. The standard InChI is InChI=1S/C14H18N2/c1-3-13(10-9-12(2)15)11-16-14-7-5-4-6-8-14/h3-10,16H,2,11,15H2,1H3/b10-9-,13-3+. The van der Waals surface area contributed by atoms with Gasteiger partial charge in [0, 0.05) is 17.9 Å². The molecule has 0 bridgehead atoms. The molecule has 0 amide bonds. The number of hydrogen-bond acceptors (Lipinski definition) is 2. The van der Waals surface area contributed by atoms with Crippen molar-refractivity contribution >= 4 is 5.69 Å². The minimum atomic E-state index is 0.569. The Hall–Kier alpha value is -1.96. The van der Waals surface area contributed by atoms with Gasteiger partial charge in [0.1, 0.15) is 0 Å². The van der Waals surface area contributed by atoms with Crippen LogP contribution in [-0.2, 0) is 0 Å². The van der Waals surface area contributed by atoms with Crippen molar-refractivity contribution in [2.24, 2.45) is 5.73 Å². The van der Waals surface area contributed by atoms with Crippen LogP contribution in [0.15, 0.2) is 66.4 Å². The monoisotopic (exact) mass is 214 g/mol. The number of rotatable bonds is 5. The zero-order chi connectivity index (χ0) is 11.8. The highest BCUT2D eigenvalue weighted by atomic mass is 14.9. The number of nitrogens with two attached hydrogens (primary N) is 1. The second-order valence-corrected chi connectivity index (χ2v) is 3.49. The third kappa shape index (κ3) is 4.51. The number of allylic oxidation sites excluding steroid dienone is 2. The molecule has 1 aromatic rings. The predicted octanol–water partition coefficient (Wildman–Crippen LogP) is 3.07. The van der Waals surface area contributed by atoms with Crippen LogP contribution in [-0.4, -0.2) is 6.54 Å². The lowest BCUT2D eigenvalue weighted by molar-refractivity contribution is 1.25. The van der Waals surface area contributed by atoms with Crippen molar-refractivity contribution in [2.75, 3.05) is 11.9 Å². The van der Waals surface area contributed by atoms with E-state index in [1.165, 1.54) is 5.57 Å². The third-order valence-electron chi connectivity index (χ3n) is 2.15. The van der Waals surface area contributed by atoms with E-state index in [1.807, 2.05) is 49.4 Å². The molecule has 0 saturated heterocycles. The van der Waals surface area contributed by atoms with Gasteiger partial charge in [-0.2, -0.15) is 0 Å². The van der Waals surface area contributed by atoms with Crippen molar-refractivity contribution in [2.45, 2.75) is 6.92 Å². The first-order chi connectivity index (χ1) is 7.72. The van der Waals surface area contributed by atoms with Crippen LogP contribution in [0.2, 0.25) is 0 Å². The van der Waals surface area contributed by atoms with Crippen LogP contribution in [0.1, 0.15) is 6.92 Å². The fraction of sp³-hybridized carbons (Fsp3) is 0.143. The van der Waals surface area contributed by atoms with E-state index in [4.69, 9.17) is 5.73 Å². The molecule has 0 aliphatic heterocycles. The number of nitrogens with one attached hydrogen (secondary N) is 1. The summed E-state index contributed by atoms with van der Waals surface area (Å²) in [6.45, 7) is 6.41. The number of para-hydroxylation sites is 1. The molecular weight excluding hydrogens is 196 g/mol. The maximum atomic E-state index is 5.47. The molecule has 0 aromatic heterocycles. The van der Waals surface area contributed by atoms with Crippen molar-refractivity contribution in [3.8, 4) is 0 Å². The van der Waals surface area contributed by atoms with Gasteiger partial charge in [-0.15, -0.1) is 0 Å². The van der Waals surface area contributed by atoms with E-state index >= 15 is 0 Å². The van der Waals surface area contributed by atoms with Gasteiger partial charge in [0.2, 0.25) is 0 Å². The molecule has 0 radical (unpaired) electrons. The van der Waals surface area contributed by atoms with Crippen molar-refractivity contribution in [3.05, 3.63) is 66.4 Å². The zero-order valence-electron chi connectivity index (χ0n) is 9.61. The Morgan fingerprint density at radius 3 is 2.56 bits per heavy atom. The largest absolute Gasteiger partial charge is 0.399 e. The first-order valence-electron chi connectivity index (χ1n) is 5.29. The van der Waals surface area contributed by atoms with E-state index in [9.17, 15) is 0 Å². The van der Waals surface area contributed by atoms with Crippen molar-refractivity contribution in [1.29, 1.82) is 0 Å². The Bertz CT molecular complexity index is 388. The van der Waals surface area contributed by atoms with Crippen LogP contribution in [0.3, 0.4) is 0 Å². The molecule has 0 spiro atoms. The van der Waals surface area contributed by atoms with E-state index in [2.05, 4.69) is 18.0 Å². The minimum Gasteiger partial charge on any atom is -0.399 e. The summed E-state index contributed by atoms with van der Waals surface area (Å²) in [7, 11) is 0.